The minimum absolute atomic E-state index is 0.196. The summed E-state index contributed by atoms with van der Waals surface area (Å²) in [5.41, 5.74) is 1.32. The van der Waals surface area contributed by atoms with Gasteiger partial charge in [0.15, 0.2) is 11.6 Å². The first-order valence-corrected chi connectivity index (χ1v) is 8.20. The predicted octanol–water partition coefficient (Wildman–Crippen LogP) is 3.58. The molecule has 4 heteroatoms. The van der Waals surface area contributed by atoms with Gasteiger partial charge in [-0.2, -0.15) is 0 Å². The lowest BCUT2D eigenvalue weighted by Crippen LogP contribution is -2.31. The Kier molecular flexibility index (Phi) is 4.34. The summed E-state index contributed by atoms with van der Waals surface area (Å²) in [6.45, 7) is 0. The van der Waals surface area contributed by atoms with E-state index in [2.05, 4.69) is 4.98 Å². The fourth-order valence-corrected chi connectivity index (χ4v) is 3.59. The highest BCUT2D eigenvalue weighted by atomic mass is 16.5. The van der Waals surface area contributed by atoms with Gasteiger partial charge in [0.05, 0.1) is 11.3 Å². The van der Waals surface area contributed by atoms with Crippen LogP contribution in [-0.2, 0) is 16.8 Å². The molecule has 21 heavy (non-hydrogen) atoms. The Labute approximate surface area is 126 Å². The van der Waals surface area contributed by atoms with E-state index in [1.165, 1.54) is 12.8 Å². The number of Topliss-reactive ketones (excluding diaryl/α,β-unsaturated/α-hetero) is 1. The van der Waals surface area contributed by atoms with Crippen LogP contribution in [-0.4, -0.2) is 22.9 Å². The smallest absolute Gasteiger partial charge is 0.166 e. The van der Waals surface area contributed by atoms with Crippen LogP contribution in [0.15, 0.2) is 6.20 Å². The maximum atomic E-state index is 12.1. The van der Waals surface area contributed by atoms with Crippen LogP contribution in [0.5, 0.6) is 0 Å². The van der Waals surface area contributed by atoms with Gasteiger partial charge in [-0.3, -0.25) is 4.79 Å². The van der Waals surface area contributed by atoms with Gasteiger partial charge in [-0.05, 0) is 32.1 Å². The monoisotopic (exact) mass is 288 g/mol. The molecule has 0 amide bonds. The summed E-state index contributed by atoms with van der Waals surface area (Å²) in [5, 5.41) is 0. The highest BCUT2D eigenvalue weighted by Gasteiger charge is 2.36. The van der Waals surface area contributed by atoms with Gasteiger partial charge in [-0.1, -0.05) is 25.7 Å². The van der Waals surface area contributed by atoms with Crippen LogP contribution in [0.4, 0.5) is 0 Å². The van der Waals surface area contributed by atoms with Crippen molar-refractivity contribution in [1.82, 2.24) is 9.97 Å². The number of fused-ring (bicyclic) bond motifs is 1. The van der Waals surface area contributed by atoms with Crippen LogP contribution < -0.4 is 0 Å². The van der Waals surface area contributed by atoms with Crippen molar-refractivity contribution in [2.24, 2.45) is 0 Å². The number of hydrogen-bond donors (Lipinski definition) is 0. The SMILES string of the molecule is COC1(c2ncc3c(n2)CCCCC3=O)CCCCCC1. The second-order valence-electron chi connectivity index (χ2n) is 6.30. The van der Waals surface area contributed by atoms with E-state index in [-0.39, 0.29) is 11.4 Å². The Balaban J connectivity index is 1.98. The molecule has 0 N–H and O–H groups in total. The second kappa shape index (κ2) is 6.22. The molecule has 1 aromatic heterocycles. The lowest BCUT2D eigenvalue weighted by Gasteiger charge is -2.30. The standard InChI is InChI=1S/C17H24N2O2/c1-21-17(10-6-2-3-7-11-17)16-18-12-13-14(19-16)8-4-5-9-15(13)20/h12H,2-11H2,1H3. The zero-order valence-electron chi connectivity index (χ0n) is 12.9. The third-order valence-corrected chi connectivity index (χ3v) is 4.95. The number of carbonyl (C=O) groups excluding carboxylic acids is 1. The summed E-state index contributed by atoms with van der Waals surface area (Å²) < 4.78 is 5.88. The second-order valence-corrected chi connectivity index (χ2v) is 6.30. The molecule has 0 aromatic carbocycles. The average molecular weight is 288 g/mol. The van der Waals surface area contributed by atoms with Gasteiger partial charge >= 0.3 is 0 Å². The minimum atomic E-state index is -0.346. The summed E-state index contributed by atoms with van der Waals surface area (Å²) in [6, 6.07) is 0. The lowest BCUT2D eigenvalue weighted by molar-refractivity contribution is -0.0353. The molecule has 2 aliphatic rings. The summed E-state index contributed by atoms with van der Waals surface area (Å²) in [4.78, 5) is 21.4. The fraction of sp³-hybridized carbons (Fsp3) is 0.706. The van der Waals surface area contributed by atoms with Gasteiger partial charge in [-0.25, -0.2) is 9.97 Å². The number of nitrogens with zero attached hydrogens (tertiary/aromatic N) is 2. The Morgan fingerprint density at radius 3 is 2.48 bits per heavy atom. The van der Waals surface area contributed by atoms with Gasteiger partial charge in [0, 0.05) is 19.7 Å². The number of carbonyl (C=O) groups is 1. The summed E-state index contributed by atoms with van der Waals surface area (Å²) in [7, 11) is 1.77. The Morgan fingerprint density at radius 1 is 1.05 bits per heavy atom. The number of aromatic nitrogens is 2. The molecule has 0 radical (unpaired) electrons. The van der Waals surface area contributed by atoms with E-state index < -0.39 is 0 Å². The fourth-order valence-electron chi connectivity index (χ4n) is 3.59. The van der Waals surface area contributed by atoms with E-state index in [0.717, 1.165) is 62.0 Å². The summed E-state index contributed by atoms with van der Waals surface area (Å²) in [6.07, 6.45) is 12.1. The molecule has 3 rings (SSSR count). The number of hydrogen-bond acceptors (Lipinski definition) is 4. The Morgan fingerprint density at radius 2 is 1.76 bits per heavy atom. The highest BCUT2D eigenvalue weighted by Crippen LogP contribution is 2.37. The van der Waals surface area contributed by atoms with Crippen LogP contribution in [0.1, 0.15) is 79.7 Å². The first-order chi connectivity index (χ1) is 10.2. The normalized spacial score (nSPS) is 22.2. The van der Waals surface area contributed by atoms with Crippen molar-refractivity contribution in [2.45, 2.75) is 69.8 Å². The van der Waals surface area contributed by atoms with Crippen molar-refractivity contribution < 1.29 is 9.53 Å². The average Bonchev–Trinajstić information content (AvgIpc) is 2.86. The summed E-state index contributed by atoms with van der Waals surface area (Å²) >= 11 is 0. The number of ether oxygens (including phenoxy) is 1. The van der Waals surface area contributed by atoms with E-state index in [1.807, 2.05) is 0 Å². The zero-order chi connectivity index (χ0) is 14.7. The number of aryl methyl sites for hydroxylation is 1. The van der Waals surface area contributed by atoms with Crippen LogP contribution >= 0.6 is 0 Å². The molecular weight excluding hydrogens is 264 g/mol. The first-order valence-electron chi connectivity index (χ1n) is 8.20. The third kappa shape index (κ3) is 2.86. The third-order valence-electron chi connectivity index (χ3n) is 4.95. The van der Waals surface area contributed by atoms with Crippen LogP contribution in [0.25, 0.3) is 0 Å². The lowest BCUT2D eigenvalue weighted by atomic mass is 9.92. The molecule has 1 saturated carbocycles. The molecular formula is C17H24N2O2. The number of ketones is 1. The van der Waals surface area contributed by atoms with Gasteiger partial charge in [-0.15, -0.1) is 0 Å². The van der Waals surface area contributed by atoms with E-state index in [0.29, 0.717) is 6.42 Å². The first kappa shape index (κ1) is 14.6. The Bertz CT molecular complexity index is 520. The molecule has 4 nitrogen and oxygen atoms in total. The van der Waals surface area contributed by atoms with Crippen molar-refractivity contribution in [3.8, 4) is 0 Å². The van der Waals surface area contributed by atoms with Crippen molar-refractivity contribution in [1.29, 1.82) is 0 Å². The minimum Gasteiger partial charge on any atom is -0.370 e. The molecule has 1 fully saturated rings. The molecule has 1 aromatic rings. The van der Waals surface area contributed by atoms with Crippen molar-refractivity contribution >= 4 is 5.78 Å². The predicted molar refractivity (Wildman–Crippen MR) is 80.3 cm³/mol. The zero-order valence-corrected chi connectivity index (χ0v) is 12.9. The maximum Gasteiger partial charge on any atom is 0.166 e. The van der Waals surface area contributed by atoms with Gasteiger partial charge in [0.1, 0.15) is 5.60 Å². The van der Waals surface area contributed by atoms with Crippen LogP contribution in [0.2, 0.25) is 0 Å². The molecule has 2 aliphatic carbocycles. The van der Waals surface area contributed by atoms with Gasteiger partial charge in [0.2, 0.25) is 0 Å². The van der Waals surface area contributed by atoms with Crippen molar-refractivity contribution in [2.75, 3.05) is 7.11 Å². The maximum absolute atomic E-state index is 12.1. The van der Waals surface area contributed by atoms with Crippen LogP contribution in [0.3, 0.4) is 0 Å². The molecule has 0 aliphatic heterocycles. The molecule has 0 saturated heterocycles. The van der Waals surface area contributed by atoms with E-state index in [4.69, 9.17) is 9.72 Å². The van der Waals surface area contributed by atoms with Crippen molar-refractivity contribution in [3.05, 3.63) is 23.3 Å². The topological polar surface area (TPSA) is 52.1 Å². The Hall–Kier alpha value is -1.29. The van der Waals surface area contributed by atoms with E-state index in [1.54, 1.807) is 13.3 Å². The molecule has 1 heterocycles. The van der Waals surface area contributed by atoms with Crippen molar-refractivity contribution in [3.63, 3.8) is 0 Å². The van der Waals surface area contributed by atoms with Gasteiger partial charge < -0.3 is 4.74 Å². The number of rotatable bonds is 2. The molecule has 0 atom stereocenters. The quantitative estimate of drug-likeness (QED) is 0.616. The van der Waals surface area contributed by atoms with Gasteiger partial charge in [0.25, 0.3) is 0 Å². The molecule has 0 spiro atoms. The summed E-state index contributed by atoms with van der Waals surface area (Å²) in [5.74, 6) is 0.988. The molecule has 0 bridgehead atoms. The largest absolute Gasteiger partial charge is 0.370 e. The highest BCUT2D eigenvalue weighted by molar-refractivity contribution is 5.97. The molecule has 114 valence electrons. The number of methoxy groups -OCH3 is 1. The molecule has 0 unspecified atom stereocenters. The van der Waals surface area contributed by atoms with E-state index in [9.17, 15) is 4.79 Å². The van der Waals surface area contributed by atoms with Crippen LogP contribution in [0, 0.1) is 0 Å². The van der Waals surface area contributed by atoms with E-state index >= 15 is 0 Å².